The molecule has 0 bridgehead atoms. The Labute approximate surface area is 131 Å². The average molecular weight is 304 g/mol. The van der Waals surface area contributed by atoms with Crippen molar-refractivity contribution in [2.75, 3.05) is 0 Å². The number of fused-ring (bicyclic) bond motifs is 3. The van der Waals surface area contributed by atoms with Crippen molar-refractivity contribution < 1.29 is 0 Å². The quantitative estimate of drug-likeness (QED) is 0.564. The molecule has 0 saturated carbocycles. The van der Waals surface area contributed by atoms with Crippen LogP contribution in [-0.4, -0.2) is 9.97 Å². The molecule has 0 aliphatic carbocycles. The second-order valence-electron chi connectivity index (χ2n) is 4.95. The molecule has 4 rings (SSSR count). The van der Waals surface area contributed by atoms with Crippen LogP contribution in [0.15, 0.2) is 81.4 Å². The lowest BCUT2D eigenvalue weighted by atomic mass is 10.1. The topological polar surface area (TPSA) is 45.8 Å². The van der Waals surface area contributed by atoms with Gasteiger partial charge in [0, 0.05) is 21.4 Å². The number of hydrogen-bond donors (Lipinski definition) is 1. The number of hydrogen-bond acceptors (Lipinski definition) is 3. The van der Waals surface area contributed by atoms with Gasteiger partial charge < -0.3 is 4.98 Å². The number of nitrogens with zero attached hydrogens (tertiary/aromatic N) is 1. The molecule has 0 saturated heterocycles. The predicted octanol–water partition coefficient (Wildman–Crippen LogP) is 4.23. The van der Waals surface area contributed by atoms with Crippen LogP contribution in [0.1, 0.15) is 0 Å². The lowest BCUT2D eigenvalue weighted by molar-refractivity contribution is 1.28. The van der Waals surface area contributed by atoms with Crippen molar-refractivity contribution in [1.29, 1.82) is 0 Å². The molecule has 3 nitrogen and oxygen atoms in total. The van der Waals surface area contributed by atoms with Gasteiger partial charge in [0.05, 0.1) is 16.4 Å². The number of H-pyrrole nitrogens is 1. The van der Waals surface area contributed by atoms with Gasteiger partial charge in [0.25, 0.3) is 5.56 Å². The fraction of sp³-hybridized carbons (Fsp3) is 0. The molecule has 2 aromatic carbocycles. The summed E-state index contributed by atoms with van der Waals surface area (Å²) in [4.78, 5) is 21.9. The van der Waals surface area contributed by atoms with E-state index >= 15 is 0 Å². The van der Waals surface area contributed by atoms with Crippen LogP contribution in [-0.2, 0) is 0 Å². The largest absolute Gasteiger partial charge is 0.321 e. The predicted molar refractivity (Wildman–Crippen MR) is 90.4 cm³/mol. The fourth-order valence-corrected chi connectivity index (χ4v) is 3.52. The molecule has 0 fully saturated rings. The Morgan fingerprint density at radius 1 is 0.909 bits per heavy atom. The molecule has 4 heteroatoms. The molecule has 106 valence electrons. The smallest absolute Gasteiger partial charge is 0.259 e. The summed E-state index contributed by atoms with van der Waals surface area (Å²) in [5.41, 5.74) is 1.47. The van der Waals surface area contributed by atoms with Crippen molar-refractivity contribution in [1.82, 2.24) is 9.97 Å². The van der Waals surface area contributed by atoms with E-state index in [1.165, 1.54) is 0 Å². The Kier molecular flexibility index (Phi) is 3.16. The maximum Gasteiger partial charge on any atom is 0.259 e. The van der Waals surface area contributed by atoms with Gasteiger partial charge in [0.2, 0.25) is 0 Å². The standard InChI is InChI=1S/C18H12N2OS/c21-18-16-15(22-12-6-2-1-3-7-12)10-11-19-17(16)13-8-4-5-9-14(13)20-18/h1-11H,(H,20,21). The maximum atomic E-state index is 12.5. The van der Waals surface area contributed by atoms with E-state index in [1.54, 1.807) is 18.0 Å². The van der Waals surface area contributed by atoms with Crippen molar-refractivity contribution in [3.05, 3.63) is 77.2 Å². The third kappa shape index (κ3) is 2.18. The number of benzene rings is 2. The van der Waals surface area contributed by atoms with Gasteiger partial charge in [0.15, 0.2) is 0 Å². The SMILES string of the molecule is O=c1[nH]c2ccccc2c2nccc(Sc3ccccc3)c12. The minimum atomic E-state index is -0.0970. The number of nitrogens with one attached hydrogen (secondary N) is 1. The molecule has 0 radical (unpaired) electrons. The Hall–Kier alpha value is -2.59. The Morgan fingerprint density at radius 2 is 1.68 bits per heavy atom. The third-order valence-electron chi connectivity index (χ3n) is 3.54. The number of aromatic amines is 1. The van der Waals surface area contributed by atoms with Crippen molar-refractivity contribution in [3.63, 3.8) is 0 Å². The molecule has 4 aromatic rings. The lowest BCUT2D eigenvalue weighted by Crippen LogP contribution is -2.08. The monoisotopic (exact) mass is 304 g/mol. The van der Waals surface area contributed by atoms with Gasteiger partial charge in [-0.2, -0.15) is 0 Å². The van der Waals surface area contributed by atoms with E-state index in [1.807, 2.05) is 60.7 Å². The van der Waals surface area contributed by atoms with Crippen LogP contribution in [0.3, 0.4) is 0 Å². The molecule has 0 aliphatic rings. The van der Waals surface area contributed by atoms with Gasteiger partial charge >= 0.3 is 0 Å². The van der Waals surface area contributed by atoms with Crippen LogP contribution in [0.4, 0.5) is 0 Å². The van der Waals surface area contributed by atoms with Crippen LogP contribution in [0.2, 0.25) is 0 Å². The minimum absolute atomic E-state index is 0.0970. The zero-order valence-electron chi connectivity index (χ0n) is 11.6. The molecule has 2 heterocycles. The van der Waals surface area contributed by atoms with E-state index in [9.17, 15) is 4.79 Å². The number of aromatic nitrogens is 2. The summed E-state index contributed by atoms with van der Waals surface area (Å²) in [6.45, 7) is 0. The second kappa shape index (κ2) is 5.31. The molecule has 22 heavy (non-hydrogen) atoms. The third-order valence-corrected chi connectivity index (χ3v) is 4.61. The van der Waals surface area contributed by atoms with E-state index in [0.717, 1.165) is 26.2 Å². The Morgan fingerprint density at radius 3 is 2.55 bits per heavy atom. The van der Waals surface area contributed by atoms with Gasteiger partial charge in [0.1, 0.15) is 0 Å². The number of para-hydroxylation sites is 1. The summed E-state index contributed by atoms with van der Waals surface area (Å²) in [6.07, 6.45) is 1.76. The Bertz CT molecular complexity index is 1030. The second-order valence-corrected chi connectivity index (χ2v) is 6.06. The normalized spacial score (nSPS) is 11.1. The van der Waals surface area contributed by atoms with Crippen LogP contribution < -0.4 is 5.56 Å². The van der Waals surface area contributed by atoms with E-state index in [4.69, 9.17) is 0 Å². The van der Waals surface area contributed by atoms with Crippen molar-refractivity contribution in [3.8, 4) is 0 Å². The molecule has 0 aliphatic heterocycles. The van der Waals surface area contributed by atoms with E-state index in [2.05, 4.69) is 9.97 Å². The minimum Gasteiger partial charge on any atom is -0.321 e. The van der Waals surface area contributed by atoms with Crippen LogP contribution in [0.25, 0.3) is 21.8 Å². The van der Waals surface area contributed by atoms with Crippen molar-refractivity contribution in [2.45, 2.75) is 9.79 Å². The summed E-state index contributed by atoms with van der Waals surface area (Å²) in [5.74, 6) is 0. The summed E-state index contributed by atoms with van der Waals surface area (Å²) < 4.78 is 0. The van der Waals surface area contributed by atoms with Crippen molar-refractivity contribution >= 4 is 33.6 Å². The maximum absolute atomic E-state index is 12.5. The van der Waals surface area contributed by atoms with Crippen molar-refractivity contribution in [2.24, 2.45) is 0 Å². The van der Waals surface area contributed by atoms with Gasteiger partial charge in [-0.1, -0.05) is 48.2 Å². The van der Waals surface area contributed by atoms with Gasteiger partial charge in [-0.3, -0.25) is 9.78 Å². The first-order valence-corrected chi connectivity index (χ1v) is 7.77. The first kappa shape index (κ1) is 13.1. The zero-order valence-corrected chi connectivity index (χ0v) is 12.4. The summed E-state index contributed by atoms with van der Waals surface area (Å²) in [7, 11) is 0. The molecular weight excluding hydrogens is 292 g/mol. The molecule has 0 atom stereocenters. The molecule has 0 unspecified atom stereocenters. The van der Waals surface area contributed by atoms with Gasteiger partial charge in [-0.15, -0.1) is 0 Å². The van der Waals surface area contributed by atoms with Crippen LogP contribution in [0.5, 0.6) is 0 Å². The summed E-state index contributed by atoms with van der Waals surface area (Å²) in [6, 6.07) is 19.7. The highest BCUT2D eigenvalue weighted by Gasteiger charge is 2.11. The zero-order chi connectivity index (χ0) is 14.9. The van der Waals surface area contributed by atoms with Crippen LogP contribution in [0, 0.1) is 0 Å². The highest BCUT2D eigenvalue weighted by Crippen LogP contribution is 2.32. The van der Waals surface area contributed by atoms with Gasteiger partial charge in [-0.25, -0.2) is 0 Å². The summed E-state index contributed by atoms with van der Waals surface area (Å²) in [5, 5.41) is 1.61. The Balaban J connectivity index is 2.01. The molecule has 0 spiro atoms. The molecule has 2 aromatic heterocycles. The summed E-state index contributed by atoms with van der Waals surface area (Å²) >= 11 is 1.58. The molecule has 1 N–H and O–H groups in total. The first-order valence-electron chi connectivity index (χ1n) is 6.95. The highest BCUT2D eigenvalue weighted by molar-refractivity contribution is 7.99. The lowest BCUT2D eigenvalue weighted by Gasteiger charge is -2.07. The van der Waals surface area contributed by atoms with Gasteiger partial charge in [-0.05, 0) is 24.3 Å². The number of pyridine rings is 2. The highest BCUT2D eigenvalue weighted by atomic mass is 32.2. The fourth-order valence-electron chi connectivity index (χ4n) is 2.55. The van der Waals surface area contributed by atoms with E-state index in [0.29, 0.717) is 5.39 Å². The average Bonchev–Trinajstić information content (AvgIpc) is 2.56. The van der Waals surface area contributed by atoms with E-state index in [-0.39, 0.29) is 5.56 Å². The molecule has 0 amide bonds. The van der Waals surface area contributed by atoms with Crippen LogP contribution >= 0.6 is 11.8 Å². The number of rotatable bonds is 2. The first-order chi connectivity index (χ1) is 10.8. The molecular formula is C18H12N2OS. The van der Waals surface area contributed by atoms with E-state index < -0.39 is 0 Å².